The summed E-state index contributed by atoms with van der Waals surface area (Å²) in [7, 11) is 0. The Kier molecular flexibility index (Phi) is 10.2. The van der Waals surface area contributed by atoms with E-state index in [2.05, 4.69) is 0 Å². The van der Waals surface area contributed by atoms with E-state index in [9.17, 15) is 19.2 Å². The number of hydrogen-bond acceptors (Lipinski definition) is 10. The average Bonchev–Trinajstić information content (AvgIpc) is 3.28. The van der Waals surface area contributed by atoms with Crippen LogP contribution >= 0.6 is 23.5 Å². The van der Waals surface area contributed by atoms with Crippen molar-refractivity contribution in [2.45, 2.75) is 50.3 Å². The summed E-state index contributed by atoms with van der Waals surface area (Å²) in [5.74, 6) is -2.71. The predicted octanol–water partition coefficient (Wildman–Crippen LogP) is 5.68. The van der Waals surface area contributed by atoms with Gasteiger partial charge in [0, 0.05) is 9.79 Å². The van der Waals surface area contributed by atoms with Crippen molar-refractivity contribution >= 4 is 47.4 Å². The quantitative estimate of drug-likeness (QED) is 0.260. The second kappa shape index (κ2) is 13.6. The summed E-state index contributed by atoms with van der Waals surface area (Å²) in [6.45, 7) is 7.02. The Labute approximate surface area is 254 Å². The normalized spacial score (nSPS) is 21.2. The maximum atomic E-state index is 14.5. The molecule has 2 atom stereocenters. The molecule has 10 heteroatoms. The zero-order valence-electron chi connectivity index (χ0n) is 24.1. The molecule has 2 aliphatic rings. The van der Waals surface area contributed by atoms with Crippen molar-refractivity contribution < 1.29 is 38.1 Å². The second-order valence-corrected chi connectivity index (χ2v) is 11.8. The smallest absolute Gasteiger partial charge is 0.344 e. The predicted molar refractivity (Wildman–Crippen MR) is 160 cm³/mol. The van der Waals surface area contributed by atoms with Gasteiger partial charge in [0.05, 0.1) is 36.2 Å². The fourth-order valence-electron chi connectivity index (χ4n) is 5.27. The van der Waals surface area contributed by atoms with Crippen molar-refractivity contribution in [3.63, 3.8) is 0 Å². The Morgan fingerprint density at radius 1 is 0.595 bits per heavy atom. The lowest BCUT2D eigenvalue weighted by molar-refractivity contribution is -0.172. The maximum Gasteiger partial charge on any atom is 0.344 e. The summed E-state index contributed by atoms with van der Waals surface area (Å²) in [5, 5.41) is 0. The third kappa shape index (κ3) is 6.01. The molecule has 0 unspecified atom stereocenters. The minimum Gasteiger partial charge on any atom is -0.465 e. The molecule has 8 nitrogen and oxygen atoms in total. The molecule has 2 aromatic rings. The van der Waals surface area contributed by atoms with Crippen molar-refractivity contribution in [3.05, 3.63) is 81.6 Å². The van der Waals surface area contributed by atoms with E-state index in [0.717, 1.165) is 20.9 Å². The molecule has 2 heterocycles. The van der Waals surface area contributed by atoms with Crippen LogP contribution in [0.3, 0.4) is 0 Å². The Bertz CT molecular complexity index is 1320. The van der Waals surface area contributed by atoms with Gasteiger partial charge in [0.1, 0.15) is 10.8 Å². The number of benzene rings is 2. The van der Waals surface area contributed by atoms with Crippen LogP contribution in [0.4, 0.5) is 0 Å². The maximum absolute atomic E-state index is 14.5. The van der Waals surface area contributed by atoms with E-state index in [1.54, 1.807) is 27.7 Å². The minimum absolute atomic E-state index is 0.00380. The van der Waals surface area contributed by atoms with Gasteiger partial charge in [-0.1, -0.05) is 59.9 Å². The highest BCUT2D eigenvalue weighted by atomic mass is 32.2. The Morgan fingerprint density at radius 3 is 1.31 bits per heavy atom. The molecule has 0 spiro atoms. The summed E-state index contributed by atoms with van der Waals surface area (Å²) in [4.78, 5) is 57.4. The number of ether oxygens (including phenoxy) is 4. The Balaban J connectivity index is 2.15. The van der Waals surface area contributed by atoms with Crippen LogP contribution < -0.4 is 0 Å². The zero-order valence-corrected chi connectivity index (χ0v) is 25.7. The van der Waals surface area contributed by atoms with Crippen LogP contribution in [-0.2, 0) is 51.0 Å². The monoisotopic (exact) mass is 610 g/mol. The molecule has 4 rings (SSSR count). The number of hydrogen-bond donors (Lipinski definition) is 0. The fourth-order valence-corrected chi connectivity index (χ4v) is 7.38. The number of thioether (sulfide) groups is 2. The van der Waals surface area contributed by atoms with Crippen LogP contribution in [0.15, 0.2) is 80.3 Å². The number of rotatable bonds is 9. The van der Waals surface area contributed by atoms with Gasteiger partial charge in [-0.05, 0) is 75.9 Å². The van der Waals surface area contributed by atoms with E-state index < -0.39 is 34.7 Å². The van der Waals surface area contributed by atoms with E-state index in [0.29, 0.717) is 0 Å². The summed E-state index contributed by atoms with van der Waals surface area (Å²) in [6.07, 6.45) is 3.00. The zero-order chi connectivity index (χ0) is 30.3. The summed E-state index contributed by atoms with van der Waals surface area (Å²) >= 11 is 2.33. The largest absolute Gasteiger partial charge is 0.465 e. The first-order valence-electron chi connectivity index (χ1n) is 13.9. The molecule has 0 radical (unpaired) electrons. The lowest BCUT2D eigenvalue weighted by atomic mass is 9.57. The number of esters is 4. The van der Waals surface area contributed by atoms with Crippen molar-refractivity contribution in [1.82, 2.24) is 0 Å². The molecule has 0 aliphatic carbocycles. The molecule has 0 fully saturated rings. The highest BCUT2D eigenvalue weighted by Gasteiger charge is 2.62. The molecule has 0 saturated heterocycles. The second-order valence-electron chi connectivity index (χ2n) is 9.61. The fraction of sp³-hybridized carbons (Fsp3) is 0.375. The molecule has 2 aromatic carbocycles. The first kappa shape index (κ1) is 31.4. The summed E-state index contributed by atoms with van der Waals surface area (Å²) < 4.78 is 22.2. The van der Waals surface area contributed by atoms with Gasteiger partial charge in [0.15, 0.2) is 0 Å². The van der Waals surface area contributed by atoms with Crippen LogP contribution in [0.25, 0.3) is 0 Å². The van der Waals surface area contributed by atoms with Crippen molar-refractivity contribution in [1.29, 1.82) is 0 Å². The number of carbonyl (C=O) groups is 4. The molecule has 2 aliphatic heterocycles. The molecule has 0 aromatic heterocycles. The topological polar surface area (TPSA) is 105 Å². The lowest BCUT2D eigenvalue weighted by Crippen LogP contribution is -2.54. The van der Waals surface area contributed by atoms with E-state index in [1.165, 1.54) is 35.7 Å². The number of carbonyl (C=O) groups excluding carboxylic acids is 4. The molecule has 0 amide bonds. The highest BCUT2D eigenvalue weighted by molar-refractivity contribution is 8.04. The molecule has 0 saturated carbocycles. The van der Waals surface area contributed by atoms with E-state index in [-0.39, 0.29) is 49.1 Å². The van der Waals surface area contributed by atoms with Gasteiger partial charge in [0.2, 0.25) is 0 Å². The third-order valence-electron chi connectivity index (χ3n) is 7.11. The van der Waals surface area contributed by atoms with Gasteiger partial charge in [0.25, 0.3) is 0 Å². The van der Waals surface area contributed by atoms with Gasteiger partial charge in [-0.3, -0.25) is 9.59 Å². The van der Waals surface area contributed by atoms with Crippen LogP contribution in [-0.4, -0.2) is 50.3 Å². The summed E-state index contributed by atoms with van der Waals surface area (Å²) in [5.41, 5.74) is -2.17. The molecule has 222 valence electrons. The first-order valence-corrected chi connectivity index (χ1v) is 15.5. The lowest BCUT2D eigenvalue weighted by Gasteiger charge is -2.43. The molecular weight excluding hydrogens is 576 g/mol. The highest BCUT2D eigenvalue weighted by Crippen LogP contribution is 2.56. The molecular formula is C32H34O8S2. The van der Waals surface area contributed by atoms with Gasteiger partial charge >= 0.3 is 23.9 Å². The van der Waals surface area contributed by atoms with Crippen LogP contribution in [0.5, 0.6) is 0 Å². The average molecular weight is 611 g/mol. The minimum atomic E-state index is -1.81. The van der Waals surface area contributed by atoms with Crippen LogP contribution in [0.2, 0.25) is 0 Å². The van der Waals surface area contributed by atoms with Crippen molar-refractivity contribution in [2.75, 3.05) is 26.4 Å². The number of fused-ring (bicyclic) bond motifs is 2. The standard InChI is InChI=1S/C32H34O8S2/c1-5-37-27(33)25-19-31(29(35)39-7-3,17-21-13-9-11-15-23(21)41-25)32(30(36)40-8-4)18-22-14-10-12-16-24(22)42-26(20-32)28(34)38-6-2/h9-16,19-20H,5-8,17-18H2,1-4H3/t31-,32-/m0/s1. The molecule has 0 bridgehead atoms. The Morgan fingerprint density at radius 2 is 0.952 bits per heavy atom. The molecule has 42 heavy (non-hydrogen) atoms. The summed E-state index contributed by atoms with van der Waals surface area (Å²) in [6, 6.07) is 14.8. The van der Waals surface area contributed by atoms with Gasteiger partial charge in [-0.15, -0.1) is 0 Å². The van der Waals surface area contributed by atoms with E-state index in [1.807, 2.05) is 48.5 Å². The van der Waals surface area contributed by atoms with Gasteiger partial charge in [-0.2, -0.15) is 0 Å². The third-order valence-corrected chi connectivity index (χ3v) is 9.35. The van der Waals surface area contributed by atoms with E-state index in [4.69, 9.17) is 18.9 Å². The Hall–Kier alpha value is -3.50. The van der Waals surface area contributed by atoms with Crippen LogP contribution in [0.1, 0.15) is 38.8 Å². The SMILES string of the molecule is CCOC(=O)C1=C[C@@](C(=O)OCC)([C@]2(C(=O)OCC)C=C(C(=O)OCC)Sc3ccccc3C2)Cc2ccccc2S1. The van der Waals surface area contributed by atoms with Crippen molar-refractivity contribution in [3.8, 4) is 0 Å². The first-order chi connectivity index (χ1) is 20.2. The van der Waals surface area contributed by atoms with Crippen LogP contribution in [0, 0.1) is 10.8 Å². The van der Waals surface area contributed by atoms with E-state index >= 15 is 0 Å². The van der Waals surface area contributed by atoms with Gasteiger partial charge in [-0.25, -0.2) is 9.59 Å². The van der Waals surface area contributed by atoms with Gasteiger partial charge < -0.3 is 18.9 Å². The molecule has 0 N–H and O–H groups in total. The van der Waals surface area contributed by atoms with Crippen molar-refractivity contribution in [2.24, 2.45) is 10.8 Å².